The molecule has 0 spiro atoms. The van der Waals surface area contributed by atoms with E-state index in [1.165, 1.54) is 12.1 Å². The summed E-state index contributed by atoms with van der Waals surface area (Å²) in [5.41, 5.74) is 7.17. The first kappa shape index (κ1) is 15.4. The van der Waals surface area contributed by atoms with E-state index in [2.05, 4.69) is 10.6 Å². The van der Waals surface area contributed by atoms with Gasteiger partial charge in [0.1, 0.15) is 5.82 Å². The average molecular weight is 293 g/mol. The second kappa shape index (κ2) is 6.67. The summed E-state index contributed by atoms with van der Waals surface area (Å²) in [6.07, 6.45) is 2.65. The normalized spacial score (nSPS) is 15.1. The lowest BCUT2D eigenvalue weighted by Crippen LogP contribution is -2.27. The zero-order valence-electron chi connectivity index (χ0n) is 12.0. The van der Waals surface area contributed by atoms with Crippen LogP contribution in [0.2, 0.25) is 0 Å². The molecule has 0 bridgehead atoms. The number of hydrogen-bond acceptors (Lipinski definition) is 3. The Morgan fingerprint density at radius 1 is 1.48 bits per heavy atom. The Morgan fingerprint density at radius 3 is 2.95 bits per heavy atom. The summed E-state index contributed by atoms with van der Waals surface area (Å²) in [6, 6.07) is 2.59. The fourth-order valence-electron chi connectivity index (χ4n) is 2.41. The zero-order valence-corrected chi connectivity index (χ0v) is 12.0. The molecule has 1 aliphatic rings. The minimum atomic E-state index is -0.498. The third kappa shape index (κ3) is 4.01. The van der Waals surface area contributed by atoms with Crippen LogP contribution in [0.3, 0.4) is 0 Å². The number of hydrogen-bond donors (Lipinski definition) is 3. The van der Waals surface area contributed by atoms with E-state index in [0.717, 1.165) is 18.4 Å². The van der Waals surface area contributed by atoms with E-state index in [4.69, 9.17) is 5.73 Å². The number of carbonyl (C=O) groups excluding carboxylic acids is 2. The van der Waals surface area contributed by atoms with E-state index in [0.29, 0.717) is 18.5 Å². The van der Waals surface area contributed by atoms with Gasteiger partial charge in [-0.25, -0.2) is 4.39 Å². The van der Waals surface area contributed by atoms with Gasteiger partial charge in [-0.1, -0.05) is 13.3 Å². The van der Waals surface area contributed by atoms with Crippen molar-refractivity contribution in [3.8, 4) is 0 Å². The van der Waals surface area contributed by atoms with Gasteiger partial charge < -0.3 is 16.4 Å². The lowest BCUT2D eigenvalue weighted by molar-refractivity contribution is -0.117. The third-order valence-corrected chi connectivity index (χ3v) is 3.47. The smallest absolute Gasteiger partial charge is 0.226 e. The maximum atomic E-state index is 14.0. The largest absolute Gasteiger partial charge is 0.327 e. The van der Waals surface area contributed by atoms with Gasteiger partial charge in [0, 0.05) is 24.6 Å². The molecule has 1 aliphatic heterocycles. The molecule has 2 amide bonds. The van der Waals surface area contributed by atoms with Gasteiger partial charge in [-0.05, 0) is 30.5 Å². The van der Waals surface area contributed by atoms with Crippen molar-refractivity contribution in [2.24, 2.45) is 5.73 Å². The topological polar surface area (TPSA) is 84.2 Å². The number of rotatable bonds is 5. The summed E-state index contributed by atoms with van der Waals surface area (Å²) in [4.78, 5) is 23.2. The maximum Gasteiger partial charge on any atom is 0.226 e. The van der Waals surface area contributed by atoms with Crippen molar-refractivity contribution in [1.82, 2.24) is 0 Å². The first-order valence-corrected chi connectivity index (χ1v) is 7.17. The van der Waals surface area contributed by atoms with E-state index in [1.54, 1.807) is 0 Å². The monoisotopic (exact) mass is 293 g/mol. The summed E-state index contributed by atoms with van der Waals surface area (Å²) in [5, 5.41) is 5.20. The summed E-state index contributed by atoms with van der Waals surface area (Å²) in [6.45, 7) is 1.99. The molecule has 5 nitrogen and oxygen atoms in total. The van der Waals surface area contributed by atoms with Crippen LogP contribution in [0.5, 0.6) is 0 Å². The molecule has 1 atom stereocenters. The standard InChI is InChI=1S/C15H20FN3O2/c1-2-3-10(17)7-15(21)19-13-8-12-9(6-11(13)16)4-5-14(20)18-12/h6,8,10H,2-5,7,17H2,1H3,(H,18,20)(H,19,21). The first-order valence-electron chi connectivity index (χ1n) is 7.17. The van der Waals surface area contributed by atoms with Gasteiger partial charge in [0.25, 0.3) is 0 Å². The number of halogens is 1. The second-order valence-electron chi connectivity index (χ2n) is 5.34. The molecule has 6 heteroatoms. The van der Waals surface area contributed by atoms with Crippen molar-refractivity contribution < 1.29 is 14.0 Å². The molecule has 0 saturated carbocycles. The summed E-state index contributed by atoms with van der Waals surface area (Å²) in [5.74, 6) is -0.921. The van der Waals surface area contributed by atoms with Gasteiger partial charge in [0.05, 0.1) is 5.69 Å². The van der Waals surface area contributed by atoms with Crippen LogP contribution in [0.15, 0.2) is 12.1 Å². The van der Waals surface area contributed by atoms with Gasteiger partial charge in [-0.2, -0.15) is 0 Å². The SMILES string of the molecule is CCCC(N)CC(=O)Nc1cc2c(cc1F)CCC(=O)N2. The van der Waals surface area contributed by atoms with Crippen LogP contribution in [0.1, 0.15) is 38.2 Å². The van der Waals surface area contributed by atoms with Crippen molar-refractivity contribution in [3.05, 3.63) is 23.5 Å². The van der Waals surface area contributed by atoms with Crippen LogP contribution >= 0.6 is 0 Å². The Hall–Kier alpha value is -1.95. The van der Waals surface area contributed by atoms with Gasteiger partial charge in [0.2, 0.25) is 11.8 Å². The highest BCUT2D eigenvalue weighted by Gasteiger charge is 2.19. The fraction of sp³-hybridized carbons (Fsp3) is 0.467. The van der Waals surface area contributed by atoms with Gasteiger partial charge in [-0.15, -0.1) is 0 Å². The highest BCUT2D eigenvalue weighted by atomic mass is 19.1. The van der Waals surface area contributed by atoms with Gasteiger partial charge >= 0.3 is 0 Å². The predicted molar refractivity (Wildman–Crippen MR) is 79.5 cm³/mol. The van der Waals surface area contributed by atoms with E-state index in [1.807, 2.05) is 6.92 Å². The van der Waals surface area contributed by atoms with Crippen LogP contribution in [0.25, 0.3) is 0 Å². The molecule has 2 rings (SSSR count). The van der Waals surface area contributed by atoms with Crippen LogP contribution in [0, 0.1) is 5.82 Å². The number of aryl methyl sites for hydroxylation is 1. The van der Waals surface area contributed by atoms with E-state index < -0.39 is 5.82 Å². The maximum absolute atomic E-state index is 14.0. The van der Waals surface area contributed by atoms with Crippen molar-refractivity contribution in [3.63, 3.8) is 0 Å². The molecule has 1 heterocycles. The molecule has 114 valence electrons. The molecule has 0 radical (unpaired) electrons. The van der Waals surface area contributed by atoms with Crippen LogP contribution < -0.4 is 16.4 Å². The Kier molecular flexibility index (Phi) is 4.90. The number of anilines is 2. The summed E-state index contributed by atoms with van der Waals surface area (Å²) < 4.78 is 14.0. The Labute approximate surface area is 123 Å². The lowest BCUT2D eigenvalue weighted by Gasteiger charge is -2.19. The minimum Gasteiger partial charge on any atom is -0.327 e. The van der Waals surface area contributed by atoms with E-state index in [9.17, 15) is 14.0 Å². The summed E-state index contributed by atoms with van der Waals surface area (Å²) in [7, 11) is 0. The van der Waals surface area contributed by atoms with Crippen molar-refractivity contribution >= 4 is 23.2 Å². The highest BCUT2D eigenvalue weighted by Crippen LogP contribution is 2.28. The van der Waals surface area contributed by atoms with Crippen LogP contribution in [-0.2, 0) is 16.0 Å². The molecule has 0 fully saturated rings. The predicted octanol–water partition coefficient (Wildman–Crippen LogP) is 2.17. The number of nitrogens with one attached hydrogen (secondary N) is 2. The van der Waals surface area contributed by atoms with Crippen LogP contribution in [0.4, 0.5) is 15.8 Å². The minimum absolute atomic E-state index is 0.0737. The fourth-order valence-corrected chi connectivity index (χ4v) is 2.41. The van der Waals surface area contributed by atoms with Gasteiger partial charge in [-0.3, -0.25) is 9.59 Å². The highest BCUT2D eigenvalue weighted by molar-refractivity contribution is 5.96. The Bertz CT molecular complexity index is 560. The van der Waals surface area contributed by atoms with E-state index >= 15 is 0 Å². The molecule has 1 unspecified atom stereocenters. The number of benzene rings is 1. The third-order valence-electron chi connectivity index (χ3n) is 3.47. The van der Waals surface area contributed by atoms with Crippen molar-refractivity contribution in [1.29, 1.82) is 0 Å². The second-order valence-corrected chi connectivity index (χ2v) is 5.34. The number of nitrogens with two attached hydrogens (primary N) is 1. The van der Waals surface area contributed by atoms with E-state index in [-0.39, 0.29) is 30.0 Å². The molecule has 4 N–H and O–H groups in total. The molecule has 1 aromatic rings. The average Bonchev–Trinajstić information content (AvgIpc) is 2.40. The van der Waals surface area contributed by atoms with Crippen LogP contribution in [-0.4, -0.2) is 17.9 Å². The lowest BCUT2D eigenvalue weighted by atomic mass is 10.0. The molecular weight excluding hydrogens is 273 g/mol. The molecule has 21 heavy (non-hydrogen) atoms. The Balaban J connectivity index is 2.08. The number of amides is 2. The molecule has 1 aromatic carbocycles. The molecule has 0 aliphatic carbocycles. The zero-order chi connectivity index (χ0) is 15.4. The number of carbonyl (C=O) groups is 2. The van der Waals surface area contributed by atoms with Crippen molar-refractivity contribution in [2.75, 3.05) is 10.6 Å². The molecule has 0 aromatic heterocycles. The first-order chi connectivity index (χ1) is 9.99. The molecule has 0 saturated heterocycles. The summed E-state index contributed by atoms with van der Waals surface area (Å²) >= 11 is 0. The van der Waals surface area contributed by atoms with Gasteiger partial charge in [0.15, 0.2) is 0 Å². The van der Waals surface area contributed by atoms with Crippen molar-refractivity contribution in [2.45, 2.75) is 45.1 Å². The molecular formula is C15H20FN3O2. The Morgan fingerprint density at radius 2 is 2.24 bits per heavy atom. The number of fused-ring (bicyclic) bond motifs is 1. The quantitative estimate of drug-likeness (QED) is 0.778.